The molecule has 0 aliphatic rings. The number of amides is 1. The SMILES string of the molecule is Cn1cc(S(N)(=O)=O)c(CNC(=O)OCc2ccccc2)n1. The van der Waals surface area contributed by atoms with E-state index in [1.54, 1.807) is 7.05 Å². The lowest BCUT2D eigenvalue weighted by Crippen LogP contribution is -2.25. The zero-order valence-electron chi connectivity index (χ0n) is 11.9. The molecule has 0 spiro atoms. The summed E-state index contributed by atoms with van der Waals surface area (Å²) in [7, 11) is -2.33. The van der Waals surface area contributed by atoms with Gasteiger partial charge in [-0.2, -0.15) is 5.10 Å². The molecule has 1 aromatic heterocycles. The van der Waals surface area contributed by atoms with Crippen LogP contribution in [0.2, 0.25) is 0 Å². The Hall–Kier alpha value is -2.39. The number of alkyl carbamates (subject to hydrolysis) is 1. The van der Waals surface area contributed by atoms with Crippen molar-refractivity contribution in [2.24, 2.45) is 12.2 Å². The predicted molar refractivity (Wildman–Crippen MR) is 78.0 cm³/mol. The van der Waals surface area contributed by atoms with Crippen molar-refractivity contribution in [1.29, 1.82) is 0 Å². The summed E-state index contributed by atoms with van der Waals surface area (Å²) in [6.45, 7) is 0.0250. The van der Waals surface area contributed by atoms with Gasteiger partial charge in [-0.05, 0) is 5.56 Å². The molecular weight excluding hydrogens is 308 g/mol. The maximum absolute atomic E-state index is 11.6. The smallest absolute Gasteiger partial charge is 0.407 e. The van der Waals surface area contributed by atoms with Crippen molar-refractivity contribution in [2.75, 3.05) is 0 Å². The molecule has 118 valence electrons. The van der Waals surface area contributed by atoms with Gasteiger partial charge in [0.05, 0.1) is 6.54 Å². The minimum Gasteiger partial charge on any atom is -0.445 e. The van der Waals surface area contributed by atoms with E-state index in [9.17, 15) is 13.2 Å². The Labute approximate surface area is 127 Å². The quantitative estimate of drug-likeness (QED) is 0.830. The van der Waals surface area contributed by atoms with Crippen molar-refractivity contribution < 1.29 is 17.9 Å². The summed E-state index contributed by atoms with van der Waals surface area (Å²) < 4.78 is 29.1. The number of carbonyl (C=O) groups is 1. The number of aromatic nitrogens is 2. The highest BCUT2D eigenvalue weighted by molar-refractivity contribution is 7.89. The Morgan fingerprint density at radius 2 is 2.05 bits per heavy atom. The summed E-state index contributed by atoms with van der Waals surface area (Å²) in [5.41, 5.74) is 1.00. The summed E-state index contributed by atoms with van der Waals surface area (Å²) in [5.74, 6) is 0. The van der Waals surface area contributed by atoms with Crippen LogP contribution in [-0.2, 0) is 35.0 Å². The number of rotatable bonds is 5. The minimum atomic E-state index is -3.89. The molecular formula is C13H16N4O4S. The highest BCUT2D eigenvalue weighted by atomic mass is 32.2. The van der Waals surface area contributed by atoms with Crippen LogP contribution in [0.15, 0.2) is 41.4 Å². The first-order valence-electron chi connectivity index (χ1n) is 6.36. The van der Waals surface area contributed by atoms with E-state index in [-0.39, 0.29) is 23.7 Å². The van der Waals surface area contributed by atoms with E-state index in [2.05, 4.69) is 10.4 Å². The van der Waals surface area contributed by atoms with Crippen LogP contribution >= 0.6 is 0 Å². The lowest BCUT2D eigenvalue weighted by molar-refractivity contribution is 0.139. The topological polar surface area (TPSA) is 116 Å². The number of primary sulfonamides is 1. The van der Waals surface area contributed by atoms with Crippen LogP contribution in [0.3, 0.4) is 0 Å². The Bertz CT molecular complexity index is 756. The number of carbonyl (C=O) groups excluding carboxylic acids is 1. The van der Waals surface area contributed by atoms with Crippen LogP contribution < -0.4 is 10.5 Å². The first kappa shape index (κ1) is 16.0. The highest BCUT2D eigenvalue weighted by Gasteiger charge is 2.18. The van der Waals surface area contributed by atoms with Crippen LogP contribution in [-0.4, -0.2) is 24.3 Å². The van der Waals surface area contributed by atoms with Crippen molar-refractivity contribution >= 4 is 16.1 Å². The number of sulfonamides is 1. The molecule has 8 nitrogen and oxygen atoms in total. The van der Waals surface area contributed by atoms with Gasteiger partial charge in [-0.15, -0.1) is 0 Å². The second-order valence-electron chi connectivity index (χ2n) is 4.57. The average Bonchev–Trinajstić information content (AvgIpc) is 2.85. The fourth-order valence-electron chi connectivity index (χ4n) is 1.80. The zero-order valence-corrected chi connectivity index (χ0v) is 12.7. The van der Waals surface area contributed by atoms with Gasteiger partial charge in [-0.3, -0.25) is 4.68 Å². The fourth-order valence-corrected chi connectivity index (χ4v) is 2.54. The maximum Gasteiger partial charge on any atom is 0.407 e. The summed E-state index contributed by atoms with van der Waals surface area (Å²) in [5, 5.41) is 11.5. The van der Waals surface area contributed by atoms with Crippen molar-refractivity contribution in [3.8, 4) is 0 Å². The van der Waals surface area contributed by atoms with E-state index in [1.807, 2.05) is 30.3 Å². The number of hydrogen-bond donors (Lipinski definition) is 2. The fraction of sp³-hybridized carbons (Fsp3) is 0.231. The van der Waals surface area contributed by atoms with Crippen LogP contribution in [0.25, 0.3) is 0 Å². The number of aryl methyl sites for hydroxylation is 1. The van der Waals surface area contributed by atoms with Crippen LogP contribution in [0.1, 0.15) is 11.3 Å². The van der Waals surface area contributed by atoms with Crippen molar-refractivity contribution in [1.82, 2.24) is 15.1 Å². The zero-order chi connectivity index (χ0) is 16.2. The lowest BCUT2D eigenvalue weighted by atomic mass is 10.2. The van der Waals surface area contributed by atoms with Gasteiger partial charge in [-0.25, -0.2) is 18.4 Å². The monoisotopic (exact) mass is 324 g/mol. The van der Waals surface area contributed by atoms with E-state index < -0.39 is 16.1 Å². The Kier molecular flexibility index (Phi) is 4.78. The largest absolute Gasteiger partial charge is 0.445 e. The molecule has 0 saturated carbocycles. The molecule has 0 unspecified atom stereocenters. The molecule has 3 N–H and O–H groups in total. The molecule has 9 heteroatoms. The third-order valence-electron chi connectivity index (χ3n) is 2.79. The summed E-state index contributed by atoms with van der Waals surface area (Å²) in [6, 6.07) is 9.18. The van der Waals surface area contributed by atoms with E-state index in [0.29, 0.717) is 0 Å². The Morgan fingerprint density at radius 1 is 1.36 bits per heavy atom. The number of benzene rings is 1. The van der Waals surface area contributed by atoms with Gasteiger partial charge in [0.2, 0.25) is 10.0 Å². The molecule has 0 atom stereocenters. The molecule has 0 aliphatic heterocycles. The lowest BCUT2D eigenvalue weighted by Gasteiger charge is -2.06. The second kappa shape index (κ2) is 6.58. The Balaban J connectivity index is 1.92. The predicted octanol–water partition coefficient (Wildman–Crippen LogP) is 0.494. The summed E-state index contributed by atoms with van der Waals surface area (Å²) in [6.07, 6.45) is 0.608. The van der Waals surface area contributed by atoms with Crippen LogP contribution in [0.4, 0.5) is 4.79 Å². The normalized spacial score (nSPS) is 11.2. The van der Waals surface area contributed by atoms with E-state index in [1.165, 1.54) is 10.9 Å². The average molecular weight is 324 g/mol. The molecule has 0 bridgehead atoms. The number of nitrogens with zero attached hydrogens (tertiary/aromatic N) is 2. The van der Waals surface area contributed by atoms with Gasteiger partial charge in [0, 0.05) is 13.2 Å². The van der Waals surface area contributed by atoms with Crippen molar-refractivity contribution in [2.45, 2.75) is 18.0 Å². The molecule has 1 heterocycles. The molecule has 0 fully saturated rings. The number of hydrogen-bond acceptors (Lipinski definition) is 5. The molecule has 0 aliphatic carbocycles. The molecule has 2 aromatic rings. The molecule has 0 radical (unpaired) electrons. The van der Waals surface area contributed by atoms with Gasteiger partial charge in [-0.1, -0.05) is 30.3 Å². The highest BCUT2D eigenvalue weighted by Crippen LogP contribution is 2.11. The third-order valence-corrected chi connectivity index (χ3v) is 3.74. The first-order chi connectivity index (χ1) is 10.4. The van der Waals surface area contributed by atoms with Crippen LogP contribution in [0.5, 0.6) is 0 Å². The summed E-state index contributed by atoms with van der Waals surface area (Å²) >= 11 is 0. The van der Waals surface area contributed by atoms with Crippen molar-refractivity contribution in [3.63, 3.8) is 0 Å². The van der Waals surface area contributed by atoms with Crippen molar-refractivity contribution in [3.05, 3.63) is 47.8 Å². The molecule has 0 saturated heterocycles. The second-order valence-corrected chi connectivity index (χ2v) is 6.10. The minimum absolute atomic E-state index is 0.0970. The number of nitrogens with two attached hydrogens (primary N) is 1. The number of nitrogens with one attached hydrogen (secondary N) is 1. The van der Waals surface area contributed by atoms with Gasteiger partial charge < -0.3 is 10.1 Å². The molecule has 1 amide bonds. The Morgan fingerprint density at radius 3 is 2.68 bits per heavy atom. The standard InChI is InChI=1S/C13H16N4O4S/c1-17-8-12(22(14,19)20)11(16-17)7-15-13(18)21-9-10-5-3-2-4-6-10/h2-6,8H,7,9H2,1H3,(H,15,18)(H2,14,19,20). The third kappa shape index (κ3) is 4.30. The first-order valence-corrected chi connectivity index (χ1v) is 7.91. The van der Waals surface area contributed by atoms with E-state index >= 15 is 0 Å². The molecule has 22 heavy (non-hydrogen) atoms. The van der Waals surface area contributed by atoms with Gasteiger partial charge in [0.1, 0.15) is 17.2 Å². The van der Waals surface area contributed by atoms with E-state index in [0.717, 1.165) is 5.56 Å². The molecule has 2 rings (SSSR count). The molecule has 1 aromatic carbocycles. The summed E-state index contributed by atoms with van der Waals surface area (Å²) in [4.78, 5) is 11.5. The van der Waals surface area contributed by atoms with E-state index in [4.69, 9.17) is 9.88 Å². The number of ether oxygens (including phenoxy) is 1. The van der Waals surface area contributed by atoms with Crippen LogP contribution in [0, 0.1) is 0 Å². The van der Waals surface area contributed by atoms with Gasteiger partial charge in [0.25, 0.3) is 0 Å². The van der Waals surface area contributed by atoms with Gasteiger partial charge in [0.15, 0.2) is 0 Å². The van der Waals surface area contributed by atoms with Gasteiger partial charge >= 0.3 is 6.09 Å². The maximum atomic E-state index is 11.6.